The molecule has 0 radical (unpaired) electrons. The third-order valence-corrected chi connectivity index (χ3v) is 3.87. The van der Waals surface area contributed by atoms with Gasteiger partial charge in [-0.25, -0.2) is 0 Å². The van der Waals surface area contributed by atoms with Crippen molar-refractivity contribution < 1.29 is 4.79 Å². The monoisotopic (exact) mass is 259 g/mol. The highest BCUT2D eigenvalue weighted by Crippen LogP contribution is 2.14. The lowest BCUT2D eigenvalue weighted by Crippen LogP contribution is -2.34. The molecular formula is C17H25NO. The largest absolute Gasteiger partial charge is 0.314 e. The van der Waals surface area contributed by atoms with Gasteiger partial charge in [0, 0.05) is 18.9 Å². The molecule has 0 aromatic heterocycles. The molecule has 2 nitrogen and oxygen atoms in total. The standard InChI is InChI=1S/C17H25NO/c1-13-9-14(2)11-15(10-13)12-17(19)7-6-16-5-3-4-8-18-16/h9-11,16,18H,3-8,12H2,1-2H3. The van der Waals surface area contributed by atoms with Gasteiger partial charge in [0.15, 0.2) is 0 Å². The minimum atomic E-state index is 0.373. The Labute approximate surface area is 116 Å². The second kappa shape index (κ2) is 6.85. The van der Waals surface area contributed by atoms with Crippen molar-refractivity contribution >= 4 is 5.78 Å². The van der Waals surface area contributed by atoms with E-state index in [-0.39, 0.29) is 0 Å². The predicted octanol–water partition coefficient (Wildman–Crippen LogP) is 3.34. The van der Waals surface area contributed by atoms with Crippen molar-refractivity contribution in [1.29, 1.82) is 0 Å². The highest BCUT2D eigenvalue weighted by atomic mass is 16.1. The number of nitrogens with one attached hydrogen (secondary N) is 1. The van der Waals surface area contributed by atoms with Crippen molar-refractivity contribution in [2.75, 3.05) is 6.54 Å². The second-order valence-electron chi connectivity index (χ2n) is 5.90. The van der Waals surface area contributed by atoms with Gasteiger partial charge in [-0.2, -0.15) is 0 Å². The quantitative estimate of drug-likeness (QED) is 0.878. The van der Waals surface area contributed by atoms with Gasteiger partial charge in [0.05, 0.1) is 0 Å². The molecule has 0 spiro atoms. The first-order valence-electron chi connectivity index (χ1n) is 7.46. The molecule has 1 aliphatic heterocycles. The molecule has 1 heterocycles. The maximum atomic E-state index is 12.0. The van der Waals surface area contributed by atoms with Crippen LogP contribution in [0.1, 0.15) is 48.8 Å². The van der Waals surface area contributed by atoms with Crippen molar-refractivity contribution in [2.24, 2.45) is 0 Å². The van der Waals surface area contributed by atoms with Crippen LogP contribution >= 0.6 is 0 Å². The predicted molar refractivity (Wildman–Crippen MR) is 79.5 cm³/mol. The molecule has 1 atom stereocenters. The topological polar surface area (TPSA) is 29.1 Å². The van der Waals surface area contributed by atoms with Gasteiger partial charge in [-0.15, -0.1) is 0 Å². The van der Waals surface area contributed by atoms with Crippen molar-refractivity contribution in [3.63, 3.8) is 0 Å². The van der Waals surface area contributed by atoms with Crippen LogP contribution in [-0.2, 0) is 11.2 Å². The van der Waals surface area contributed by atoms with E-state index in [0.717, 1.165) is 13.0 Å². The lowest BCUT2D eigenvalue weighted by Gasteiger charge is -2.23. The highest BCUT2D eigenvalue weighted by Gasteiger charge is 2.14. The SMILES string of the molecule is Cc1cc(C)cc(CC(=O)CCC2CCCCN2)c1. The fourth-order valence-electron chi connectivity index (χ4n) is 2.99. The first-order chi connectivity index (χ1) is 9.13. The molecule has 0 saturated carbocycles. The Kier molecular flexibility index (Phi) is 5.15. The number of benzene rings is 1. The molecular weight excluding hydrogens is 234 g/mol. The van der Waals surface area contributed by atoms with Gasteiger partial charge in [0.1, 0.15) is 5.78 Å². The van der Waals surface area contributed by atoms with Gasteiger partial charge in [-0.3, -0.25) is 4.79 Å². The van der Waals surface area contributed by atoms with Crippen LogP contribution in [0.15, 0.2) is 18.2 Å². The third kappa shape index (κ3) is 4.79. The van der Waals surface area contributed by atoms with E-state index >= 15 is 0 Å². The summed E-state index contributed by atoms with van der Waals surface area (Å²) in [6, 6.07) is 6.98. The normalized spacial score (nSPS) is 19.4. The maximum Gasteiger partial charge on any atom is 0.137 e. The molecule has 2 heteroatoms. The van der Waals surface area contributed by atoms with Crippen LogP contribution in [0.5, 0.6) is 0 Å². The van der Waals surface area contributed by atoms with Crippen LogP contribution in [0.4, 0.5) is 0 Å². The average molecular weight is 259 g/mol. The highest BCUT2D eigenvalue weighted by molar-refractivity contribution is 5.81. The van der Waals surface area contributed by atoms with Crippen LogP contribution in [0, 0.1) is 13.8 Å². The molecule has 1 fully saturated rings. The lowest BCUT2D eigenvalue weighted by molar-refractivity contribution is -0.118. The summed E-state index contributed by atoms with van der Waals surface area (Å²) in [7, 11) is 0. The number of hydrogen-bond acceptors (Lipinski definition) is 2. The van der Waals surface area contributed by atoms with Gasteiger partial charge in [0.2, 0.25) is 0 Å². The first kappa shape index (κ1) is 14.3. The molecule has 1 aromatic rings. The molecule has 2 rings (SSSR count). The van der Waals surface area contributed by atoms with Gasteiger partial charge in [0.25, 0.3) is 0 Å². The Morgan fingerprint density at radius 1 is 1.21 bits per heavy atom. The Morgan fingerprint density at radius 3 is 2.58 bits per heavy atom. The van der Waals surface area contributed by atoms with Gasteiger partial charge < -0.3 is 5.32 Å². The fourth-order valence-corrected chi connectivity index (χ4v) is 2.99. The Hall–Kier alpha value is -1.15. The third-order valence-electron chi connectivity index (χ3n) is 3.87. The molecule has 1 aliphatic rings. The van der Waals surface area contributed by atoms with E-state index in [2.05, 4.69) is 37.4 Å². The number of aryl methyl sites for hydroxylation is 2. The number of Topliss-reactive ketones (excluding diaryl/α,β-unsaturated/α-hetero) is 1. The van der Waals surface area contributed by atoms with E-state index < -0.39 is 0 Å². The minimum Gasteiger partial charge on any atom is -0.314 e. The summed E-state index contributed by atoms with van der Waals surface area (Å²) < 4.78 is 0. The summed E-state index contributed by atoms with van der Waals surface area (Å²) in [5.41, 5.74) is 3.66. The average Bonchev–Trinajstić information content (AvgIpc) is 2.36. The number of carbonyl (C=O) groups is 1. The summed E-state index contributed by atoms with van der Waals surface area (Å²) in [6.45, 7) is 5.30. The molecule has 1 aromatic carbocycles. The zero-order valence-electron chi connectivity index (χ0n) is 12.2. The fraction of sp³-hybridized carbons (Fsp3) is 0.588. The van der Waals surface area contributed by atoms with Crippen LogP contribution in [0.3, 0.4) is 0 Å². The number of hydrogen-bond donors (Lipinski definition) is 1. The molecule has 1 N–H and O–H groups in total. The number of ketones is 1. The summed E-state index contributed by atoms with van der Waals surface area (Å²) >= 11 is 0. The van der Waals surface area contributed by atoms with E-state index in [1.54, 1.807) is 0 Å². The van der Waals surface area contributed by atoms with Gasteiger partial charge in [-0.1, -0.05) is 35.7 Å². The Bertz CT molecular complexity index is 413. The Balaban J connectivity index is 1.80. The number of rotatable bonds is 5. The van der Waals surface area contributed by atoms with Gasteiger partial charge >= 0.3 is 0 Å². The van der Waals surface area contributed by atoms with Crippen LogP contribution < -0.4 is 5.32 Å². The van der Waals surface area contributed by atoms with E-state index in [1.807, 2.05) is 0 Å². The zero-order chi connectivity index (χ0) is 13.7. The second-order valence-corrected chi connectivity index (χ2v) is 5.90. The van der Waals surface area contributed by atoms with E-state index in [9.17, 15) is 4.79 Å². The molecule has 1 unspecified atom stereocenters. The van der Waals surface area contributed by atoms with Crippen molar-refractivity contribution in [3.8, 4) is 0 Å². The molecule has 0 bridgehead atoms. The first-order valence-corrected chi connectivity index (χ1v) is 7.46. The molecule has 0 amide bonds. The Morgan fingerprint density at radius 2 is 1.95 bits per heavy atom. The van der Waals surface area contributed by atoms with Crippen molar-refractivity contribution in [2.45, 2.75) is 58.4 Å². The number of piperidine rings is 1. The summed E-state index contributed by atoms with van der Waals surface area (Å²) in [4.78, 5) is 12.0. The van der Waals surface area contributed by atoms with Gasteiger partial charge in [-0.05, 0) is 45.2 Å². The van der Waals surface area contributed by atoms with E-state index in [0.29, 0.717) is 24.7 Å². The van der Waals surface area contributed by atoms with E-state index in [1.165, 1.54) is 36.0 Å². The van der Waals surface area contributed by atoms with Crippen molar-refractivity contribution in [1.82, 2.24) is 5.32 Å². The molecule has 0 aliphatic carbocycles. The summed E-state index contributed by atoms with van der Waals surface area (Å²) in [5.74, 6) is 0.373. The summed E-state index contributed by atoms with van der Waals surface area (Å²) in [5, 5.41) is 3.50. The smallest absolute Gasteiger partial charge is 0.137 e. The minimum absolute atomic E-state index is 0.373. The van der Waals surface area contributed by atoms with Crippen molar-refractivity contribution in [3.05, 3.63) is 34.9 Å². The number of carbonyl (C=O) groups excluding carboxylic acids is 1. The van der Waals surface area contributed by atoms with Crippen LogP contribution in [0.2, 0.25) is 0 Å². The summed E-state index contributed by atoms with van der Waals surface area (Å²) in [6.07, 6.45) is 6.14. The molecule has 1 saturated heterocycles. The molecule has 19 heavy (non-hydrogen) atoms. The van der Waals surface area contributed by atoms with Crippen LogP contribution in [-0.4, -0.2) is 18.4 Å². The molecule has 104 valence electrons. The maximum absolute atomic E-state index is 12.0. The van der Waals surface area contributed by atoms with Crippen LogP contribution in [0.25, 0.3) is 0 Å². The lowest BCUT2D eigenvalue weighted by atomic mass is 9.96. The van der Waals surface area contributed by atoms with E-state index in [4.69, 9.17) is 0 Å². The zero-order valence-corrected chi connectivity index (χ0v) is 12.2.